The molecule has 0 aliphatic rings. The van der Waals surface area contributed by atoms with Crippen molar-refractivity contribution in [1.29, 1.82) is 0 Å². The summed E-state index contributed by atoms with van der Waals surface area (Å²) in [5.41, 5.74) is 0. The van der Waals surface area contributed by atoms with Gasteiger partial charge in [0.1, 0.15) is 0 Å². The minimum Gasteiger partial charge on any atom is -0.445 e. The maximum Gasteiger partial charge on any atom is 0.254 e. The molecule has 0 amide bonds. The van der Waals surface area contributed by atoms with E-state index in [4.69, 9.17) is 4.12 Å². The van der Waals surface area contributed by atoms with Crippen molar-refractivity contribution in [2.45, 2.75) is 26.9 Å². The van der Waals surface area contributed by atoms with Crippen LogP contribution in [0.3, 0.4) is 0 Å². The molecule has 0 rings (SSSR count). The molecular formula is C6H16NOSi2. The largest absolute Gasteiger partial charge is 0.445 e. The first-order valence-corrected chi connectivity index (χ1v) is 6.94. The van der Waals surface area contributed by atoms with Crippen LogP contribution in [-0.4, -0.2) is 36.6 Å². The summed E-state index contributed by atoms with van der Waals surface area (Å²) >= 11 is 0. The Balaban J connectivity index is 3.97. The van der Waals surface area contributed by atoms with Gasteiger partial charge in [0.25, 0.3) is 8.48 Å². The van der Waals surface area contributed by atoms with Gasteiger partial charge in [-0.1, -0.05) is 13.8 Å². The molecule has 0 aromatic heterocycles. The van der Waals surface area contributed by atoms with E-state index < -0.39 is 8.48 Å². The van der Waals surface area contributed by atoms with Crippen LogP contribution in [0.25, 0.3) is 0 Å². The lowest BCUT2D eigenvalue weighted by Crippen LogP contribution is -2.50. The van der Waals surface area contributed by atoms with E-state index in [2.05, 4.69) is 42.0 Å². The first-order chi connectivity index (χ1) is 4.58. The van der Waals surface area contributed by atoms with Crippen molar-refractivity contribution in [2.75, 3.05) is 13.1 Å². The standard InChI is InChI=1S/C6H16NOSi2/c1-5-7(6-2)10(3,4)8-9/h5-6H2,1-4H3. The Labute approximate surface area is 68.3 Å². The molecule has 0 unspecified atom stereocenters. The Kier molecular flexibility index (Phi) is 4.43. The summed E-state index contributed by atoms with van der Waals surface area (Å²) in [5, 5.41) is 0. The van der Waals surface area contributed by atoms with Gasteiger partial charge in [-0.3, -0.25) is 0 Å². The SMILES string of the molecule is CCN(CC)[Si](C)(C)O[Si]. The van der Waals surface area contributed by atoms with Gasteiger partial charge in [-0.25, -0.2) is 0 Å². The Morgan fingerprint density at radius 3 is 1.80 bits per heavy atom. The molecule has 0 bridgehead atoms. The number of hydrogen-bond acceptors (Lipinski definition) is 2. The monoisotopic (exact) mass is 174 g/mol. The smallest absolute Gasteiger partial charge is 0.254 e. The van der Waals surface area contributed by atoms with Crippen LogP contribution < -0.4 is 0 Å². The molecular weight excluding hydrogens is 158 g/mol. The van der Waals surface area contributed by atoms with Crippen molar-refractivity contribution in [3.63, 3.8) is 0 Å². The van der Waals surface area contributed by atoms with Crippen LogP contribution >= 0.6 is 0 Å². The number of rotatable bonds is 4. The first kappa shape index (κ1) is 10.4. The highest BCUT2D eigenvalue weighted by Crippen LogP contribution is 2.08. The molecule has 4 heteroatoms. The lowest BCUT2D eigenvalue weighted by molar-refractivity contribution is 0.389. The zero-order chi connectivity index (χ0) is 8.20. The second-order valence-corrected chi connectivity index (χ2v) is 7.06. The molecule has 0 N–H and O–H groups in total. The highest BCUT2D eigenvalue weighted by Gasteiger charge is 2.26. The summed E-state index contributed by atoms with van der Waals surface area (Å²) in [5.74, 6) is 0. The van der Waals surface area contributed by atoms with Crippen LogP contribution in [0.5, 0.6) is 0 Å². The topological polar surface area (TPSA) is 12.5 Å². The normalized spacial score (nSPS) is 12.6. The van der Waals surface area contributed by atoms with Crippen molar-refractivity contribution in [1.82, 2.24) is 4.57 Å². The fraction of sp³-hybridized carbons (Fsp3) is 1.00. The van der Waals surface area contributed by atoms with E-state index >= 15 is 0 Å². The first-order valence-electron chi connectivity index (χ1n) is 3.68. The van der Waals surface area contributed by atoms with Gasteiger partial charge >= 0.3 is 0 Å². The van der Waals surface area contributed by atoms with Crippen LogP contribution in [0.2, 0.25) is 13.1 Å². The minimum absolute atomic E-state index is 1.07. The molecule has 0 fully saturated rings. The molecule has 0 heterocycles. The Morgan fingerprint density at radius 2 is 1.70 bits per heavy atom. The van der Waals surface area contributed by atoms with Gasteiger partial charge < -0.3 is 8.68 Å². The zero-order valence-corrected chi connectivity index (χ0v) is 9.27. The van der Waals surface area contributed by atoms with Gasteiger partial charge in [0, 0.05) is 0 Å². The molecule has 0 aliphatic carbocycles. The molecule has 0 aromatic rings. The summed E-state index contributed by atoms with van der Waals surface area (Å²) in [6.07, 6.45) is 0. The van der Waals surface area contributed by atoms with E-state index in [9.17, 15) is 0 Å². The lowest BCUT2D eigenvalue weighted by atomic mass is 10.7. The molecule has 0 atom stereocenters. The van der Waals surface area contributed by atoms with E-state index in [1.165, 1.54) is 0 Å². The van der Waals surface area contributed by atoms with E-state index in [0.29, 0.717) is 0 Å². The van der Waals surface area contributed by atoms with Gasteiger partial charge in [-0.2, -0.15) is 0 Å². The number of hydrogen-bond donors (Lipinski definition) is 0. The number of nitrogens with zero attached hydrogens (tertiary/aromatic N) is 1. The van der Waals surface area contributed by atoms with Gasteiger partial charge in [0.15, 0.2) is 0 Å². The zero-order valence-electron chi connectivity index (χ0n) is 7.27. The van der Waals surface area contributed by atoms with Crippen LogP contribution in [0.1, 0.15) is 13.8 Å². The van der Waals surface area contributed by atoms with E-state index in [1.54, 1.807) is 0 Å². The van der Waals surface area contributed by atoms with Crippen LogP contribution in [0.4, 0.5) is 0 Å². The molecule has 0 aliphatic heterocycles. The predicted octanol–water partition coefficient (Wildman–Crippen LogP) is 1.13. The maximum atomic E-state index is 5.25. The van der Waals surface area contributed by atoms with Gasteiger partial charge in [0.2, 0.25) is 10.5 Å². The van der Waals surface area contributed by atoms with Gasteiger partial charge in [-0.15, -0.1) is 0 Å². The van der Waals surface area contributed by atoms with E-state index in [1.807, 2.05) is 0 Å². The molecule has 0 saturated heterocycles. The molecule has 0 spiro atoms. The highest BCUT2D eigenvalue weighted by atomic mass is 28.4. The van der Waals surface area contributed by atoms with Crippen LogP contribution in [-0.2, 0) is 4.12 Å². The second kappa shape index (κ2) is 4.28. The van der Waals surface area contributed by atoms with Crippen LogP contribution in [0, 0.1) is 0 Å². The van der Waals surface area contributed by atoms with Gasteiger partial charge in [-0.05, 0) is 26.2 Å². The molecule has 2 nitrogen and oxygen atoms in total. The average molecular weight is 174 g/mol. The fourth-order valence-electron chi connectivity index (χ4n) is 1.05. The third kappa shape index (κ3) is 2.53. The van der Waals surface area contributed by atoms with Crippen molar-refractivity contribution < 1.29 is 4.12 Å². The summed E-state index contributed by atoms with van der Waals surface area (Å²) in [7, 11) is 1.56. The van der Waals surface area contributed by atoms with Crippen molar-refractivity contribution in [3.05, 3.63) is 0 Å². The van der Waals surface area contributed by atoms with E-state index in [0.717, 1.165) is 13.1 Å². The predicted molar refractivity (Wildman–Crippen MR) is 47.2 cm³/mol. The summed E-state index contributed by atoms with van der Waals surface area (Å²) < 4.78 is 7.61. The summed E-state index contributed by atoms with van der Waals surface area (Å²) in [4.78, 5) is 0. The summed E-state index contributed by atoms with van der Waals surface area (Å²) in [6, 6.07) is 0. The van der Waals surface area contributed by atoms with E-state index in [-0.39, 0.29) is 0 Å². The molecule has 59 valence electrons. The Morgan fingerprint density at radius 1 is 1.30 bits per heavy atom. The maximum absolute atomic E-state index is 5.25. The van der Waals surface area contributed by atoms with Crippen molar-refractivity contribution in [3.8, 4) is 0 Å². The summed E-state index contributed by atoms with van der Waals surface area (Å²) in [6.45, 7) is 10.8. The second-order valence-electron chi connectivity index (χ2n) is 2.72. The molecule has 3 radical (unpaired) electrons. The van der Waals surface area contributed by atoms with Crippen molar-refractivity contribution >= 4 is 19.0 Å². The third-order valence-corrected chi connectivity index (χ3v) is 5.93. The Bertz CT molecular complexity index is 93.7. The lowest BCUT2D eigenvalue weighted by Gasteiger charge is -2.33. The average Bonchev–Trinajstić information content (AvgIpc) is 1.90. The molecule has 0 saturated carbocycles. The van der Waals surface area contributed by atoms with Crippen LogP contribution in [0.15, 0.2) is 0 Å². The quantitative estimate of drug-likeness (QED) is 0.593. The molecule has 0 aromatic carbocycles. The third-order valence-electron chi connectivity index (χ3n) is 1.77. The van der Waals surface area contributed by atoms with Crippen molar-refractivity contribution in [2.24, 2.45) is 0 Å². The Hall–Kier alpha value is 0.354. The fourth-order valence-corrected chi connectivity index (χ4v) is 3.09. The van der Waals surface area contributed by atoms with Gasteiger partial charge in [0.05, 0.1) is 0 Å². The molecule has 10 heavy (non-hydrogen) atoms. The minimum atomic E-state index is -1.56. The highest BCUT2D eigenvalue weighted by molar-refractivity contribution is 6.70.